The lowest BCUT2D eigenvalue weighted by atomic mass is 10.1. The van der Waals surface area contributed by atoms with Crippen molar-refractivity contribution in [1.29, 1.82) is 0 Å². The molecule has 3 aromatic rings. The number of nitrogen functional groups attached to an aromatic ring is 1. The topological polar surface area (TPSA) is 43.8 Å². The molecule has 0 amide bonds. The fourth-order valence-corrected chi connectivity index (χ4v) is 3.62. The number of benzene rings is 2. The molecule has 0 saturated heterocycles. The molecule has 21 heavy (non-hydrogen) atoms. The number of aromatic nitrogens is 2. The third kappa shape index (κ3) is 2.46. The summed E-state index contributed by atoms with van der Waals surface area (Å²) in [4.78, 5) is 4.56. The first-order valence-electron chi connectivity index (χ1n) is 6.42. The monoisotopic (exact) mass is 411 g/mol. The standard InChI is InChI=1S/C15H12Br2FN3/c1-2-21-13-4-3-9(18)7-12(13)20-15(21)10-5-8(16)6-11(17)14(10)19/h3-7H,2,19H2,1H3. The van der Waals surface area contributed by atoms with Gasteiger partial charge >= 0.3 is 0 Å². The number of hydrogen-bond donors (Lipinski definition) is 1. The molecule has 0 aliphatic carbocycles. The summed E-state index contributed by atoms with van der Waals surface area (Å²) in [5.41, 5.74) is 9.11. The normalized spacial score (nSPS) is 11.2. The lowest BCUT2D eigenvalue weighted by molar-refractivity contribution is 0.629. The van der Waals surface area contributed by atoms with E-state index in [-0.39, 0.29) is 5.82 Å². The van der Waals surface area contributed by atoms with E-state index in [2.05, 4.69) is 36.8 Å². The average Bonchev–Trinajstić information content (AvgIpc) is 2.79. The van der Waals surface area contributed by atoms with E-state index in [1.165, 1.54) is 12.1 Å². The van der Waals surface area contributed by atoms with Gasteiger partial charge in [0, 0.05) is 27.1 Å². The summed E-state index contributed by atoms with van der Waals surface area (Å²) in [7, 11) is 0. The van der Waals surface area contributed by atoms with Crippen molar-refractivity contribution < 1.29 is 4.39 Å². The highest BCUT2D eigenvalue weighted by molar-refractivity contribution is 9.11. The van der Waals surface area contributed by atoms with Crippen molar-refractivity contribution in [1.82, 2.24) is 9.55 Å². The minimum Gasteiger partial charge on any atom is -0.397 e. The van der Waals surface area contributed by atoms with Gasteiger partial charge in [-0.05, 0) is 47.1 Å². The first kappa shape index (κ1) is 14.5. The van der Waals surface area contributed by atoms with E-state index in [1.807, 2.05) is 23.6 Å². The number of hydrogen-bond acceptors (Lipinski definition) is 2. The van der Waals surface area contributed by atoms with E-state index in [4.69, 9.17) is 5.73 Å². The SMILES string of the molecule is CCn1c(-c2cc(Br)cc(Br)c2N)nc2cc(F)ccc21. The smallest absolute Gasteiger partial charge is 0.143 e. The van der Waals surface area contributed by atoms with Crippen LogP contribution in [0.4, 0.5) is 10.1 Å². The van der Waals surface area contributed by atoms with Crippen LogP contribution < -0.4 is 5.73 Å². The number of halogens is 3. The Morgan fingerprint density at radius 1 is 1.24 bits per heavy atom. The molecule has 0 spiro atoms. The van der Waals surface area contributed by atoms with Crippen LogP contribution in [0.15, 0.2) is 39.3 Å². The molecule has 0 saturated carbocycles. The Bertz CT molecular complexity index is 843. The number of nitrogens with two attached hydrogens (primary N) is 1. The average molecular weight is 413 g/mol. The van der Waals surface area contributed by atoms with Gasteiger partial charge in [0.15, 0.2) is 0 Å². The molecular formula is C15H12Br2FN3. The lowest BCUT2D eigenvalue weighted by Gasteiger charge is -2.10. The molecule has 6 heteroatoms. The molecular weight excluding hydrogens is 401 g/mol. The van der Waals surface area contributed by atoms with Gasteiger partial charge in [-0.3, -0.25) is 0 Å². The molecule has 108 valence electrons. The summed E-state index contributed by atoms with van der Waals surface area (Å²) in [5, 5.41) is 0. The van der Waals surface area contributed by atoms with Crippen LogP contribution in [-0.4, -0.2) is 9.55 Å². The number of imidazole rings is 1. The highest BCUT2D eigenvalue weighted by atomic mass is 79.9. The van der Waals surface area contributed by atoms with Crippen molar-refractivity contribution in [3.63, 3.8) is 0 Å². The third-order valence-corrected chi connectivity index (χ3v) is 4.48. The molecule has 2 aromatic carbocycles. The Morgan fingerprint density at radius 3 is 2.71 bits per heavy atom. The quantitative estimate of drug-likeness (QED) is 0.604. The van der Waals surface area contributed by atoms with E-state index < -0.39 is 0 Å². The van der Waals surface area contributed by atoms with Crippen LogP contribution in [-0.2, 0) is 6.54 Å². The Balaban J connectivity index is 2.35. The van der Waals surface area contributed by atoms with Gasteiger partial charge in [0.05, 0.1) is 16.7 Å². The molecule has 0 aliphatic rings. The Labute approximate surface area is 138 Å². The highest BCUT2D eigenvalue weighted by Crippen LogP contribution is 2.36. The molecule has 3 rings (SSSR count). The van der Waals surface area contributed by atoms with Crippen molar-refractivity contribution in [2.24, 2.45) is 0 Å². The first-order chi connectivity index (χ1) is 10.0. The largest absolute Gasteiger partial charge is 0.397 e. The van der Waals surface area contributed by atoms with Gasteiger partial charge in [0.2, 0.25) is 0 Å². The van der Waals surface area contributed by atoms with E-state index in [9.17, 15) is 4.39 Å². The molecule has 1 aromatic heterocycles. The van der Waals surface area contributed by atoms with Crippen molar-refractivity contribution in [3.05, 3.63) is 45.1 Å². The fraction of sp³-hybridized carbons (Fsp3) is 0.133. The second kappa shape index (κ2) is 5.42. The second-order valence-electron chi connectivity index (χ2n) is 4.66. The molecule has 0 bridgehead atoms. The summed E-state index contributed by atoms with van der Waals surface area (Å²) in [5.74, 6) is 0.441. The van der Waals surface area contributed by atoms with Crippen LogP contribution in [0.1, 0.15) is 6.92 Å². The van der Waals surface area contributed by atoms with Crippen LogP contribution in [0, 0.1) is 5.82 Å². The maximum atomic E-state index is 13.4. The molecule has 1 heterocycles. The Morgan fingerprint density at radius 2 is 2.00 bits per heavy atom. The third-order valence-electron chi connectivity index (χ3n) is 3.36. The molecule has 2 N–H and O–H groups in total. The van der Waals surface area contributed by atoms with Crippen molar-refractivity contribution >= 4 is 48.6 Å². The second-order valence-corrected chi connectivity index (χ2v) is 6.43. The van der Waals surface area contributed by atoms with Gasteiger partial charge in [-0.15, -0.1) is 0 Å². The predicted octanol–water partition coefficient (Wildman–Crippen LogP) is 4.97. The van der Waals surface area contributed by atoms with Gasteiger partial charge in [-0.1, -0.05) is 15.9 Å². The number of aryl methyl sites for hydroxylation is 1. The van der Waals surface area contributed by atoms with Crippen molar-refractivity contribution in [3.8, 4) is 11.4 Å². The van der Waals surface area contributed by atoms with Crippen LogP contribution >= 0.6 is 31.9 Å². The van der Waals surface area contributed by atoms with Gasteiger partial charge in [0.25, 0.3) is 0 Å². The number of rotatable bonds is 2. The predicted molar refractivity (Wildman–Crippen MR) is 90.6 cm³/mol. The van der Waals surface area contributed by atoms with Crippen molar-refractivity contribution in [2.45, 2.75) is 13.5 Å². The summed E-state index contributed by atoms with van der Waals surface area (Å²) in [6.45, 7) is 2.75. The van der Waals surface area contributed by atoms with Gasteiger partial charge < -0.3 is 10.3 Å². The van der Waals surface area contributed by atoms with Gasteiger partial charge in [-0.2, -0.15) is 0 Å². The summed E-state index contributed by atoms with van der Waals surface area (Å²) < 4.78 is 17.1. The van der Waals surface area contributed by atoms with Crippen LogP contribution in [0.25, 0.3) is 22.4 Å². The zero-order chi connectivity index (χ0) is 15.1. The maximum Gasteiger partial charge on any atom is 0.143 e. The molecule has 0 aliphatic heterocycles. The first-order valence-corrected chi connectivity index (χ1v) is 8.00. The minimum absolute atomic E-state index is 0.293. The maximum absolute atomic E-state index is 13.4. The molecule has 0 fully saturated rings. The van der Waals surface area contributed by atoms with Gasteiger partial charge in [-0.25, -0.2) is 9.37 Å². The van der Waals surface area contributed by atoms with Crippen molar-refractivity contribution in [2.75, 3.05) is 5.73 Å². The minimum atomic E-state index is -0.293. The molecule has 0 atom stereocenters. The van der Waals surface area contributed by atoms with Crippen LogP contribution in [0.3, 0.4) is 0 Å². The van der Waals surface area contributed by atoms with Gasteiger partial charge in [0.1, 0.15) is 11.6 Å². The molecule has 0 unspecified atom stereocenters. The van der Waals surface area contributed by atoms with E-state index >= 15 is 0 Å². The summed E-state index contributed by atoms with van der Waals surface area (Å²) >= 11 is 6.91. The van der Waals surface area contributed by atoms with Crippen LogP contribution in [0.5, 0.6) is 0 Å². The Kier molecular flexibility index (Phi) is 3.75. The zero-order valence-corrected chi connectivity index (χ0v) is 14.4. The van der Waals surface area contributed by atoms with E-state index in [1.54, 1.807) is 6.07 Å². The lowest BCUT2D eigenvalue weighted by Crippen LogP contribution is -2.00. The number of anilines is 1. The number of nitrogens with zero attached hydrogens (tertiary/aromatic N) is 2. The number of fused-ring (bicyclic) bond motifs is 1. The summed E-state index contributed by atoms with van der Waals surface area (Å²) in [6.07, 6.45) is 0. The fourth-order valence-electron chi connectivity index (χ4n) is 2.40. The zero-order valence-electron chi connectivity index (χ0n) is 11.2. The highest BCUT2D eigenvalue weighted by Gasteiger charge is 2.16. The van der Waals surface area contributed by atoms with E-state index in [0.717, 1.165) is 32.4 Å². The summed E-state index contributed by atoms with van der Waals surface area (Å²) in [6, 6.07) is 8.43. The van der Waals surface area contributed by atoms with E-state index in [0.29, 0.717) is 11.2 Å². The molecule has 3 nitrogen and oxygen atoms in total. The Hall–Kier alpha value is -1.40. The van der Waals surface area contributed by atoms with Crippen LogP contribution in [0.2, 0.25) is 0 Å². The molecule has 0 radical (unpaired) electrons.